The fourth-order valence-corrected chi connectivity index (χ4v) is 6.19. The number of aliphatic hydroxyl groups excluding tert-OH is 1. The number of aromatic hydroxyl groups is 1. The highest BCUT2D eigenvalue weighted by Gasteiger charge is 2.45. The first kappa shape index (κ1) is 25.7. The molecule has 3 aromatic carbocycles. The number of hydrogen-bond acceptors (Lipinski definition) is 7. The number of allylic oxidation sites excluding steroid dienone is 1. The maximum Gasteiger partial charge on any atom is 0.296 e. The Morgan fingerprint density at radius 1 is 1.13 bits per heavy atom. The molecule has 0 radical (unpaired) electrons. The summed E-state index contributed by atoms with van der Waals surface area (Å²) in [5.74, 6) is -1.88. The van der Waals surface area contributed by atoms with Crippen LogP contribution in [0.4, 0.5) is 5.13 Å². The smallest absolute Gasteiger partial charge is 0.296 e. The molecule has 0 bridgehead atoms. The number of aromatic nitrogens is 1. The van der Waals surface area contributed by atoms with Gasteiger partial charge in [0.2, 0.25) is 0 Å². The van der Waals surface area contributed by atoms with Crippen molar-refractivity contribution in [3.05, 3.63) is 98.7 Å². The first-order valence-corrected chi connectivity index (χ1v) is 13.3. The van der Waals surface area contributed by atoms with Crippen molar-refractivity contribution in [2.75, 3.05) is 12.0 Å². The number of methoxy groups -OCH3 is 1. The van der Waals surface area contributed by atoms with E-state index in [1.807, 2.05) is 56.3 Å². The van der Waals surface area contributed by atoms with Crippen molar-refractivity contribution < 1.29 is 24.5 Å². The van der Waals surface area contributed by atoms with Gasteiger partial charge in [-0.25, -0.2) is 4.98 Å². The van der Waals surface area contributed by atoms with Crippen LogP contribution >= 0.6 is 27.3 Å². The zero-order valence-electron chi connectivity index (χ0n) is 20.7. The molecule has 5 rings (SSSR count). The van der Waals surface area contributed by atoms with Crippen LogP contribution in [0.5, 0.6) is 11.5 Å². The van der Waals surface area contributed by atoms with Crippen LogP contribution in [-0.4, -0.2) is 34.0 Å². The highest BCUT2D eigenvalue weighted by Crippen LogP contribution is 2.47. The third-order valence-corrected chi connectivity index (χ3v) is 7.92. The van der Waals surface area contributed by atoms with Crippen LogP contribution < -0.4 is 9.64 Å². The van der Waals surface area contributed by atoms with E-state index in [0.29, 0.717) is 15.2 Å². The number of anilines is 1. The van der Waals surface area contributed by atoms with E-state index >= 15 is 0 Å². The SMILES string of the molecule is COc1cc(C2C(C(=O)C=Cc3ccccc3)=C(O)C(=O)N2c2nc3c(C)cc(C)cc3s2)cc(Br)c1O. The van der Waals surface area contributed by atoms with E-state index in [2.05, 4.69) is 15.9 Å². The van der Waals surface area contributed by atoms with E-state index < -0.39 is 23.5 Å². The van der Waals surface area contributed by atoms with Crippen molar-refractivity contribution in [2.45, 2.75) is 19.9 Å². The summed E-state index contributed by atoms with van der Waals surface area (Å²) in [4.78, 5) is 33.1. The van der Waals surface area contributed by atoms with Gasteiger partial charge in [0.1, 0.15) is 0 Å². The molecular weight excluding hydrogens is 568 g/mol. The van der Waals surface area contributed by atoms with E-state index in [0.717, 1.165) is 26.9 Å². The number of rotatable bonds is 6. The van der Waals surface area contributed by atoms with Gasteiger partial charge in [-0.1, -0.05) is 53.8 Å². The molecule has 38 heavy (non-hydrogen) atoms. The number of carbonyl (C=O) groups excluding carboxylic acids is 2. The number of aliphatic hydroxyl groups is 1. The first-order valence-electron chi connectivity index (χ1n) is 11.7. The van der Waals surface area contributed by atoms with Crippen LogP contribution in [0.1, 0.15) is 28.3 Å². The molecule has 1 aliphatic heterocycles. The Hall–Kier alpha value is -3.95. The van der Waals surface area contributed by atoms with Crippen molar-refractivity contribution in [1.82, 2.24) is 4.98 Å². The van der Waals surface area contributed by atoms with Gasteiger partial charge in [-0.05, 0) is 76.3 Å². The highest BCUT2D eigenvalue weighted by molar-refractivity contribution is 9.10. The first-order chi connectivity index (χ1) is 18.2. The molecule has 1 aromatic heterocycles. The number of amides is 1. The second-order valence-corrected chi connectivity index (χ2v) is 10.8. The lowest BCUT2D eigenvalue weighted by atomic mass is 9.95. The predicted molar refractivity (Wildman–Crippen MR) is 152 cm³/mol. The maximum atomic E-state index is 13.5. The van der Waals surface area contributed by atoms with Crippen LogP contribution in [0, 0.1) is 13.8 Å². The summed E-state index contributed by atoms with van der Waals surface area (Å²) < 4.78 is 6.52. The molecule has 0 saturated heterocycles. The summed E-state index contributed by atoms with van der Waals surface area (Å²) in [7, 11) is 1.41. The number of carbonyl (C=O) groups is 2. The zero-order chi connectivity index (χ0) is 27.1. The Kier molecular flexibility index (Phi) is 6.81. The summed E-state index contributed by atoms with van der Waals surface area (Å²) in [5.41, 5.74) is 3.92. The molecule has 1 atom stereocenters. The number of aryl methyl sites for hydroxylation is 2. The van der Waals surface area contributed by atoms with Gasteiger partial charge >= 0.3 is 0 Å². The van der Waals surface area contributed by atoms with Crippen molar-refractivity contribution >= 4 is 60.4 Å². The number of benzene rings is 3. The number of phenols is 1. The number of ether oxygens (including phenoxy) is 1. The largest absolute Gasteiger partial charge is 0.503 e. The molecule has 1 amide bonds. The van der Waals surface area contributed by atoms with E-state index in [-0.39, 0.29) is 17.1 Å². The zero-order valence-corrected chi connectivity index (χ0v) is 23.1. The minimum atomic E-state index is -1.01. The third-order valence-electron chi connectivity index (χ3n) is 6.31. The van der Waals surface area contributed by atoms with Gasteiger partial charge in [0.15, 0.2) is 28.2 Å². The van der Waals surface area contributed by atoms with Gasteiger partial charge in [0, 0.05) is 0 Å². The van der Waals surface area contributed by atoms with Crippen LogP contribution in [0.2, 0.25) is 0 Å². The summed E-state index contributed by atoms with van der Waals surface area (Å²) in [6.07, 6.45) is 2.97. The fraction of sp³-hybridized carbons (Fsp3) is 0.138. The minimum absolute atomic E-state index is 0.0889. The van der Waals surface area contributed by atoms with Gasteiger partial charge in [0.25, 0.3) is 5.91 Å². The molecule has 192 valence electrons. The Morgan fingerprint density at radius 2 is 1.87 bits per heavy atom. The van der Waals surface area contributed by atoms with Gasteiger partial charge < -0.3 is 14.9 Å². The van der Waals surface area contributed by atoms with E-state index in [1.54, 1.807) is 18.2 Å². The number of halogens is 1. The number of phenolic OH excluding ortho intramolecular Hbond substituents is 1. The average Bonchev–Trinajstić information content (AvgIpc) is 3.43. The van der Waals surface area contributed by atoms with Gasteiger partial charge in [-0.15, -0.1) is 0 Å². The van der Waals surface area contributed by atoms with Crippen LogP contribution in [-0.2, 0) is 9.59 Å². The summed E-state index contributed by atoms with van der Waals surface area (Å²) in [6.45, 7) is 3.93. The molecule has 0 aliphatic carbocycles. The molecule has 7 nitrogen and oxygen atoms in total. The van der Waals surface area contributed by atoms with Gasteiger partial charge in [-0.2, -0.15) is 0 Å². The van der Waals surface area contributed by atoms with Crippen LogP contribution in [0.3, 0.4) is 0 Å². The molecule has 1 aliphatic rings. The third kappa shape index (κ3) is 4.48. The van der Waals surface area contributed by atoms with Crippen molar-refractivity contribution in [3.8, 4) is 11.5 Å². The van der Waals surface area contributed by atoms with E-state index in [9.17, 15) is 19.8 Å². The average molecular weight is 591 g/mol. The molecule has 2 N–H and O–H groups in total. The van der Waals surface area contributed by atoms with Crippen molar-refractivity contribution in [3.63, 3.8) is 0 Å². The molecule has 1 unspecified atom stereocenters. The molecule has 0 fully saturated rings. The number of hydrogen-bond donors (Lipinski definition) is 2. The molecule has 9 heteroatoms. The summed E-state index contributed by atoms with van der Waals surface area (Å²) in [5, 5.41) is 21.8. The van der Waals surface area contributed by atoms with Gasteiger partial charge in [-0.3, -0.25) is 14.5 Å². The van der Waals surface area contributed by atoms with Gasteiger partial charge in [0.05, 0.1) is 33.4 Å². The molecule has 2 heterocycles. The number of ketones is 1. The Morgan fingerprint density at radius 3 is 2.58 bits per heavy atom. The van der Waals surface area contributed by atoms with E-state index in [4.69, 9.17) is 9.72 Å². The van der Waals surface area contributed by atoms with Crippen LogP contribution in [0.25, 0.3) is 16.3 Å². The van der Waals surface area contributed by atoms with E-state index in [1.165, 1.54) is 29.4 Å². The second-order valence-electron chi connectivity index (χ2n) is 8.93. The second kappa shape index (κ2) is 10.1. The normalized spacial score (nSPS) is 15.7. The standard InChI is InChI=1S/C29H23BrN2O5S/c1-15-11-16(2)24-22(12-15)38-29(31-24)32-25(18-13-19(30)26(34)21(14-18)37-3)23(27(35)28(32)36)20(33)10-9-17-7-5-4-6-8-17/h4-14,25,34-35H,1-3H3. The number of fused-ring (bicyclic) bond motifs is 1. The highest BCUT2D eigenvalue weighted by atomic mass is 79.9. The lowest BCUT2D eigenvalue weighted by Gasteiger charge is -2.25. The number of nitrogens with zero attached hydrogens (tertiary/aromatic N) is 2. The Labute approximate surface area is 231 Å². The summed E-state index contributed by atoms with van der Waals surface area (Å²) >= 11 is 4.63. The molecular formula is C29H23BrN2O5S. The summed E-state index contributed by atoms with van der Waals surface area (Å²) in [6, 6.07) is 15.4. The topological polar surface area (TPSA) is 100.0 Å². The molecule has 0 spiro atoms. The maximum absolute atomic E-state index is 13.5. The predicted octanol–water partition coefficient (Wildman–Crippen LogP) is 6.57. The minimum Gasteiger partial charge on any atom is -0.503 e. The fourth-order valence-electron chi connectivity index (χ4n) is 4.56. The quantitative estimate of drug-likeness (QED) is 0.246. The monoisotopic (exact) mass is 590 g/mol. The van der Waals surface area contributed by atoms with Crippen molar-refractivity contribution in [1.29, 1.82) is 0 Å². The van der Waals surface area contributed by atoms with Crippen molar-refractivity contribution in [2.24, 2.45) is 0 Å². The molecule has 4 aromatic rings. The lowest BCUT2D eigenvalue weighted by Crippen LogP contribution is -2.30. The lowest BCUT2D eigenvalue weighted by molar-refractivity contribution is -0.117. The molecule has 0 saturated carbocycles. The van der Waals surface area contributed by atoms with Crippen LogP contribution in [0.15, 0.2) is 76.5 Å². The Balaban J connectivity index is 1.67. The Bertz CT molecular complexity index is 1660. The number of thiazole rings is 1.